The number of fused-ring (bicyclic) bond motifs is 3. The molecule has 3 aliphatic carbocycles. The van der Waals surface area contributed by atoms with Gasteiger partial charge in [0, 0.05) is 12.5 Å². The smallest absolute Gasteiger partial charge is 0.0641 e. The van der Waals surface area contributed by atoms with Gasteiger partial charge in [0.1, 0.15) is 0 Å². The molecule has 6 aliphatic rings. The van der Waals surface area contributed by atoms with Crippen molar-refractivity contribution in [2.24, 2.45) is 35.5 Å². The molecule has 3 aliphatic heterocycles. The Balaban J connectivity index is 1.09. The van der Waals surface area contributed by atoms with Crippen LogP contribution in [-0.4, -0.2) is 37.6 Å². The SMILES string of the molecule is C1COC2C(C1)C2C1CCC2OC(C3COC4CC4C3)CC2C1. The average Bonchev–Trinajstić information content (AvgIpc) is 3.47. The highest BCUT2D eigenvalue weighted by atomic mass is 16.5. The molecule has 0 N–H and O–H groups in total. The Kier molecular flexibility index (Phi) is 3.18. The molecule has 3 saturated carbocycles. The van der Waals surface area contributed by atoms with Gasteiger partial charge >= 0.3 is 0 Å². The van der Waals surface area contributed by atoms with Gasteiger partial charge in [0.05, 0.1) is 31.0 Å². The number of ether oxygens (including phenoxy) is 3. The zero-order valence-corrected chi connectivity index (χ0v) is 14.1. The minimum absolute atomic E-state index is 0.503. The van der Waals surface area contributed by atoms with E-state index < -0.39 is 0 Å². The van der Waals surface area contributed by atoms with Crippen LogP contribution in [0.3, 0.4) is 0 Å². The van der Waals surface area contributed by atoms with Gasteiger partial charge in [-0.25, -0.2) is 0 Å². The van der Waals surface area contributed by atoms with Gasteiger partial charge in [-0.2, -0.15) is 0 Å². The summed E-state index contributed by atoms with van der Waals surface area (Å²) in [4.78, 5) is 0. The molecule has 0 amide bonds. The normalized spacial score (nSPS) is 60.5. The monoisotopic (exact) mass is 318 g/mol. The molecule has 10 unspecified atom stereocenters. The summed E-state index contributed by atoms with van der Waals surface area (Å²) in [6.45, 7) is 1.99. The van der Waals surface area contributed by atoms with Crippen LogP contribution in [0, 0.1) is 35.5 Å². The van der Waals surface area contributed by atoms with Crippen molar-refractivity contribution in [3.05, 3.63) is 0 Å². The molecule has 0 aromatic heterocycles. The van der Waals surface area contributed by atoms with Gasteiger partial charge in [-0.3, -0.25) is 0 Å². The Labute approximate surface area is 139 Å². The zero-order chi connectivity index (χ0) is 15.0. The topological polar surface area (TPSA) is 27.7 Å². The summed E-state index contributed by atoms with van der Waals surface area (Å²) in [5, 5.41) is 0. The lowest BCUT2D eigenvalue weighted by Gasteiger charge is -2.31. The van der Waals surface area contributed by atoms with Crippen molar-refractivity contribution in [3.8, 4) is 0 Å². The molecule has 3 nitrogen and oxygen atoms in total. The summed E-state index contributed by atoms with van der Waals surface area (Å²) in [7, 11) is 0. The summed E-state index contributed by atoms with van der Waals surface area (Å²) >= 11 is 0. The predicted molar refractivity (Wildman–Crippen MR) is 86.0 cm³/mol. The zero-order valence-electron chi connectivity index (χ0n) is 14.1. The van der Waals surface area contributed by atoms with Crippen LogP contribution >= 0.6 is 0 Å². The number of hydrogen-bond donors (Lipinski definition) is 0. The van der Waals surface area contributed by atoms with Crippen molar-refractivity contribution in [3.63, 3.8) is 0 Å². The third-order valence-electron chi connectivity index (χ3n) is 8.04. The first-order valence-corrected chi connectivity index (χ1v) is 10.3. The van der Waals surface area contributed by atoms with Crippen LogP contribution in [0.2, 0.25) is 0 Å². The third kappa shape index (κ3) is 2.33. The fourth-order valence-electron chi connectivity index (χ4n) is 6.68. The van der Waals surface area contributed by atoms with E-state index >= 15 is 0 Å². The van der Waals surface area contributed by atoms with Crippen molar-refractivity contribution in [2.75, 3.05) is 13.2 Å². The minimum Gasteiger partial charge on any atom is -0.378 e. The Morgan fingerprint density at radius 3 is 2.39 bits per heavy atom. The summed E-state index contributed by atoms with van der Waals surface area (Å²) < 4.78 is 18.5. The van der Waals surface area contributed by atoms with E-state index in [0.717, 1.165) is 42.8 Å². The first-order chi connectivity index (χ1) is 11.4. The van der Waals surface area contributed by atoms with Crippen LogP contribution in [0.15, 0.2) is 0 Å². The van der Waals surface area contributed by atoms with E-state index in [2.05, 4.69) is 0 Å². The van der Waals surface area contributed by atoms with Crippen LogP contribution in [0.1, 0.15) is 51.4 Å². The Bertz CT molecular complexity index is 468. The van der Waals surface area contributed by atoms with Gasteiger partial charge in [-0.1, -0.05) is 0 Å². The van der Waals surface area contributed by atoms with Gasteiger partial charge in [-0.05, 0) is 81.0 Å². The maximum Gasteiger partial charge on any atom is 0.0641 e. The van der Waals surface area contributed by atoms with Crippen LogP contribution in [-0.2, 0) is 14.2 Å². The second-order valence-electron chi connectivity index (χ2n) is 9.36. The van der Waals surface area contributed by atoms with Gasteiger partial charge in [0.25, 0.3) is 0 Å². The summed E-state index contributed by atoms with van der Waals surface area (Å²) in [6.07, 6.45) is 13.2. The lowest BCUT2D eigenvalue weighted by Crippen LogP contribution is -2.30. The Morgan fingerprint density at radius 2 is 1.52 bits per heavy atom. The molecule has 6 rings (SSSR count). The Morgan fingerprint density at radius 1 is 0.652 bits per heavy atom. The highest BCUT2D eigenvalue weighted by molar-refractivity contribution is 5.06. The van der Waals surface area contributed by atoms with Crippen LogP contribution < -0.4 is 0 Å². The van der Waals surface area contributed by atoms with Gasteiger partial charge < -0.3 is 14.2 Å². The summed E-state index contributed by atoms with van der Waals surface area (Å²) in [5.74, 6) is 5.15. The van der Waals surface area contributed by atoms with Crippen molar-refractivity contribution in [2.45, 2.75) is 75.8 Å². The molecule has 10 atom stereocenters. The molecule has 0 radical (unpaired) electrons. The molecule has 128 valence electrons. The fourth-order valence-corrected chi connectivity index (χ4v) is 6.68. The molecule has 6 fully saturated rings. The largest absolute Gasteiger partial charge is 0.378 e. The molecule has 0 aromatic rings. The maximum atomic E-state index is 6.53. The first-order valence-electron chi connectivity index (χ1n) is 10.3. The highest BCUT2D eigenvalue weighted by Crippen LogP contribution is 2.57. The van der Waals surface area contributed by atoms with E-state index in [-0.39, 0.29) is 0 Å². The van der Waals surface area contributed by atoms with E-state index in [1.165, 1.54) is 51.4 Å². The second kappa shape index (κ2) is 5.19. The molecule has 3 saturated heterocycles. The molecular formula is C20H30O3. The van der Waals surface area contributed by atoms with Crippen LogP contribution in [0.25, 0.3) is 0 Å². The van der Waals surface area contributed by atoms with Crippen LogP contribution in [0.5, 0.6) is 0 Å². The molecule has 3 heteroatoms. The van der Waals surface area contributed by atoms with E-state index in [4.69, 9.17) is 14.2 Å². The van der Waals surface area contributed by atoms with E-state index in [1.54, 1.807) is 0 Å². The van der Waals surface area contributed by atoms with Crippen molar-refractivity contribution < 1.29 is 14.2 Å². The van der Waals surface area contributed by atoms with Crippen molar-refractivity contribution in [1.29, 1.82) is 0 Å². The quantitative estimate of drug-likeness (QED) is 0.781. The lowest BCUT2D eigenvalue weighted by atomic mass is 9.75. The summed E-state index contributed by atoms with van der Waals surface area (Å²) in [6, 6.07) is 0. The second-order valence-corrected chi connectivity index (χ2v) is 9.36. The fraction of sp³-hybridized carbons (Fsp3) is 1.00. The first kappa shape index (κ1) is 14.1. The molecule has 23 heavy (non-hydrogen) atoms. The average molecular weight is 318 g/mol. The Hall–Kier alpha value is -0.120. The highest BCUT2D eigenvalue weighted by Gasteiger charge is 2.58. The van der Waals surface area contributed by atoms with E-state index in [1.807, 2.05) is 0 Å². The standard InChI is InChI=1S/C20H30O3/c1-2-15-19(20(15)21-5-1)11-3-4-16-12(6-11)9-18(23-16)14-7-13-8-17(13)22-10-14/h11-20H,1-10H2. The minimum atomic E-state index is 0.503. The van der Waals surface area contributed by atoms with Gasteiger partial charge in [-0.15, -0.1) is 0 Å². The van der Waals surface area contributed by atoms with Gasteiger partial charge in [0.15, 0.2) is 0 Å². The molecular weight excluding hydrogens is 288 g/mol. The van der Waals surface area contributed by atoms with E-state index in [9.17, 15) is 0 Å². The maximum absolute atomic E-state index is 6.53. The van der Waals surface area contributed by atoms with Crippen molar-refractivity contribution >= 4 is 0 Å². The predicted octanol–water partition coefficient (Wildman–Crippen LogP) is 3.41. The molecule has 3 heterocycles. The lowest BCUT2D eigenvalue weighted by molar-refractivity contribution is -0.0575. The molecule has 0 spiro atoms. The molecule has 0 bridgehead atoms. The van der Waals surface area contributed by atoms with Gasteiger partial charge in [0.2, 0.25) is 0 Å². The summed E-state index contributed by atoms with van der Waals surface area (Å²) in [5.41, 5.74) is 0. The van der Waals surface area contributed by atoms with E-state index in [0.29, 0.717) is 30.3 Å². The number of rotatable bonds is 2. The van der Waals surface area contributed by atoms with Crippen molar-refractivity contribution in [1.82, 2.24) is 0 Å². The molecule has 0 aromatic carbocycles. The number of hydrogen-bond acceptors (Lipinski definition) is 3. The van der Waals surface area contributed by atoms with Crippen LogP contribution in [0.4, 0.5) is 0 Å². The third-order valence-corrected chi connectivity index (χ3v) is 8.04.